The van der Waals surface area contributed by atoms with Crippen molar-refractivity contribution in [1.29, 1.82) is 0 Å². The van der Waals surface area contributed by atoms with Gasteiger partial charge in [-0.05, 0) is 43.7 Å². The van der Waals surface area contributed by atoms with Crippen molar-refractivity contribution < 1.29 is 9.53 Å². The number of rotatable bonds is 4. The number of hydrogen-bond acceptors (Lipinski definition) is 4. The molecule has 1 aromatic carbocycles. The third-order valence-corrected chi connectivity index (χ3v) is 4.23. The van der Waals surface area contributed by atoms with Gasteiger partial charge in [0.05, 0.1) is 10.9 Å². The Kier molecular flexibility index (Phi) is 4.51. The van der Waals surface area contributed by atoms with E-state index < -0.39 is 0 Å². The molecular formula is C17H21N3O2. The van der Waals surface area contributed by atoms with Crippen molar-refractivity contribution in [3.8, 4) is 5.88 Å². The minimum absolute atomic E-state index is 0.00688. The van der Waals surface area contributed by atoms with Gasteiger partial charge in [0, 0.05) is 6.04 Å². The highest BCUT2D eigenvalue weighted by Crippen LogP contribution is 2.23. The van der Waals surface area contributed by atoms with Crippen LogP contribution in [0.15, 0.2) is 30.6 Å². The molecule has 0 bridgehead atoms. The predicted octanol–water partition coefficient (Wildman–Crippen LogP) is 2.70. The van der Waals surface area contributed by atoms with Gasteiger partial charge in [-0.15, -0.1) is 0 Å². The van der Waals surface area contributed by atoms with Crippen molar-refractivity contribution in [2.24, 2.45) is 5.92 Å². The molecule has 0 spiro atoms. The Balaban J connectivity index is 1.56. The van der Waals surface area contributed by atoms with Crippen LogP contribution in [0.1, 0.15) is 32.6 Å². The smallest absolute Gasteiger partial charge is 0.258 e. The molecule has 0 aliphatic heterocycles. The van der Waals surface area contributed by atoms with Gasteiger partial charge in [0.2, 0.25) is 5.88 Å². The number of carbonyl (C=O) groups excluding carboxylic acids is 1. The molecule has 1 saturated carbocycles. The number of aromatic nitrogens is 2. The average molecular weight is 299 g/mol. The van der Waals surface area contributed by atoms with E-state index in [4.69, 9.17) is 4.74 Å². The summed E-state index contributed by atoms with van der Waals surface area (Å²) in [6.45, 7) is 2.26. The lowest BCUT2D eigenvalue weighted by Gasteiger charge is -2.26. The van der Waals surface area contributed by atoms with E-state index >= 15 is 0 Å². The zero-order valence-electron chi connectivity index (χ0n) is 12.8. The Morgan fingerprint density at radius 3 is 2.82 bits per heavy atom. The summed E-state index contributed by atoms with van der Waals surface area (Å²) in [6, 6.07) is 7.89. The van der Waals surface area contributed by atoms with Gasteiger partial charge < -0.3 is 10.1 Å². The summed E-state index contributed by atoms with van der Waals surface area (Å²) in [5, 5.41) is 3.87. The van der Waals surface area contributed by atoms with E-state index in [1.165, 1.54) is 19.2 Å². The molecule has 1 aliphatic carbocycles. The highest BCUT2D eigenvalue weighted by Gasteiger charge is 2.20. The fraction of sp³-hybridized carbons (Fsp3) is 0.471. The van der Waals surface area contributed by atoms with Gasteiger partial charge in [0.25, 0.3) is 5.91 Å². The molecule has 1 amide bonds. The number of carbonyl (C=O) groups is 1. The molecular weight excluding hydrogens is 278 g/mol. The van der Waals surface area contributed by atoms with Gasteiger partial charge in [-0.1, -0.05) is 19.1 Å². The molecule has 1 aliphatic rings. The van der Waals surface area contributed by atoms with E-state index in [1.807, 2.05) is 24.3 Å². The lowest BCUT2D eigenvalue weighted by Crippen LogP contribution is -2.39. The van der Waals surface area contributed by atoms with Crippen molar-refractivity contribution in [3.05, 3.63) is 30.6 Å². The molecule has 1 aromatic heterocycles. The van der Waals surface area contributed by atoms with Crippen molar-refractivity contribution in [2.45, 2.75) is 38.6 Å². The number of para-hydroxylation sites is 1. The molecule has 0 saturated heterocycles. The Morgan fingerprint density at radius 2 is 2.00 bits per heavy atom. The summed E-state index contributed by atoms with van der Waals surface area (Å²) < 4.78 is 5.58. The molecule has 116 valence electrons. The average Bonchev–Trinajstić information content (AvgIpc) is 2.55. The molecule has 0 atom stereocenters. The molecule has 1 heterocycles. The zero-order chi connectivity index (χ0) is 15.4. The lowest BCUT2D eigenvalue weighted by atomic mass is 9.87. The van der Waals surface area contributed by atoms with Crippen LogP contribution in [-0.4, -0.2) is 28.5 Å². The topological polar surface area (TPSA) is 64.1 Å². The lowest BCUT2D eigenvalue weighted by molar-refractivity contribution is -0.124. The fourth-order valence-electron chi connectivity index (χ4n) is 2.90. The second kappa shape index (κ2) is 6.73. The second-order valence-corrected chi connectivity index (χ2v) is 6.01. The summed E-state index contributed by atoms with van der Waals surface area (Å²) in [6.07, 6.45) is 5.94. The molecule has 0 radical (unpaired) electrons. The van der Waals surface area contributed by atoms with Gasteiger partial charge in [-0.25, -0.2) is 9.97 Å². The first-order valence-electron chi connectivity index (χ1n) is 7.84. The summed E-state index contributed by atoms with van der Waals surface area (Å²) >= 11 is 0. The first-order chi connectivity index (χ1) is 10.7. The van der Waals surface area contributed by atoms with E-state index in [0.717, 1.165) is 29.7 Å². The van der Waals surface area contributed by atoms with E-state index in [0.29, 0.717) is 5.88 Å². The number of nitrogens with zero attached hydrogens (tertiary/aromatic N) is 2. The summed E-state index contributed by atoms with van der Waals surface area (Å²) in [4.78, 5) is 20.3. The van der Waals surface area contributed by atoms with Crippen LogP contribution in [0.3, 0.4) is 0 Å². The largest absolute Gasteiger partial charge is 0.467 e. The van der Waals surface area contributed by atoms with Crippen LogP contribution in [0.2, 0.25) is 0 Å². The Morgan fingerprint density at radius 1 is 1.23 bits per heavy atom. The maximum atomic E-state index is 12.0. The van der Waals surface area contributed by atoms with Crippen molar-refractivity contribution in [1.82, 2.24) is 15.3 Å². The summed E-state index contributed by atoms with van der Waals surface area (Å²) in [5.41, 5.74) is 0.814. The Hall–Kier alpha value is -2.17. The van der Waals surface area contributed by atoms with E-state index in [2.05, 4.69) is 22.2 Å². The minimum Gasteiger partial charge on any atom is -0.467 e. The van der Waals surface area contributed by atoms with Crippen LogP contribution < -0.4 is 10.1 Å². The molecule has 5 heteroatoms. The van der Waals surface area contributed by atoms with Gasteiger partial charge in [-0.2, -0.15) is 0 Å². The summed E-state index contributed by atoms with van der Waals surface area (Å²) in [7, 11) is 0. The Labute approximate surface area is 130 Å². The zero-order valence-corrected chi connectivity index (χ0v) is 12.8. The number of hydrogen-bond donors (Lipinski definition) is 1. The third kappa shape index (κ3) is 3.53. The van der Waals surface area contributed by atoms with Crippen LogP contribution in [0.4, 0.5) is 0 Å². The van der Waals surface area contributed by atoms with Crippen molar-refractivity contribution in [3.63, 3.8) is 0 Å². The molecule has 3 rings (SSSR count). The highest BCUT2D eigenvalue weighted by molar-refractivity contribution is 5.84. The molecule has 1 fully saturated rings. The number of nitrogens with one attached hydrogen (secondary N) is 1. The SMILES string of the molecule is CC1CCC(NC(=O)COc2ncnc3ccccc23)CC1. The van der Waals surface area contributed by atoms with Gasteiger partial charge in [-0.3, -0.25) is 4.79 Å². The van der Waals surface area contributed by atoms with Crippen LogP contribution in [-0.2, 0) is 4.79 Å². The number of benzene rings is 1. The number of fused-ring (bicyclic) bond motifs is 1. The summed E-state index contributed by atoms with van der Waals surface area (Å²) in [5.74, 6) is 1.15. The minimum atomic E-state index is -0.0813. The fourth-order valence-corrected chi connectivity index (χ4v) is 2.90. The van der Waals surface area contributed by atoms with Crippen LogP contribution in [0, 0.1) is 5.92 Å². The highest BCUT2D eigenvalue weighted by atomic mass is 16.5. The van der Waals surface area contributed by atoms with E-state index in [9.17, 15) is 4.79 Å². The van der Waals surface area contributed by atoms with Crippen LogP contribution in [0.5, 0.6) is 5.88 Å². The number of amides is 1. The van der Waals surface area contributed by atoms with E-state index in [-0.39, 0.29) is 18.6 Å². The van der Waals surface area contributed by atoms with Crippen molar-refractivity contribution >= 4 is 16.8 Å². The standard InChI is InChI=1S/C17H21N3O2/c1-12-6-8-13(9-7-12)20-16(21)10-22-17-14-4-2-3-5-15(14)18-11-19-17/h2-5,11-13H,6-10H2,1H3,(H,20,21). The maximum Gasteiger partial charge on any atom is 0.258 e. The van der Waals surface area contributed by atoms with E-state index in [1.54, 1.807) is 0 Å². The Bertz CT molecular complexity index is 646. The normalized spacial score (nSPS) is 21.5. The number of ether oxygens (including phenoxy) is 1. The second-order valence-electron chi connectivity index (χ2n) is 6.01. The van der Waals surface area contributed by atoms with Gasteiger partial charge in [0.15, 0.2) is 6.61 Å². The first-order valence-corrected chi connectivity index (χ1v) is 7.84. The maximum absolute atomic E-state index is 12.0. The molecule has 5 nitrogen and oxygen atoms in total. The quantitative estimate of drug-likeness (QED) is 0.942. The molecule has 0 unspecified atom stereocenters. The molecule has 22 heavy (non-hydrogen) atoms. The van der Waals surface area contributed by atoms with Crippen LogP contribution in [0.25, 0.3) is 10.9 Å². The van der Waals surface area contributed by atoms with Crippen LogP contribution >= 0.6 is 0 Å². The third-order valence-electron chi connectivity index (χ3n) is 4.23. The molecule has 1 N–H and O–H groups in total. The first kappa shape index (κ1) is 14.8. The molecule has 2 aromatic rings. The van der Waals surface area contributed by atoms with Gasteiger partial charge >= 0.3 is 0 Å². The monoisotopic (exact) mass is 299 g/mol. The van der Waals surface area contributed by atoms with Gasteiger partial charge in [0.1, 0.15) is 6.33 Å². The predicted molar refractivity (Wildman–Crippen MR) is 84.6 cm³/mol. The van der Waals surface area contributed by atoms with Crippen molar-refractivity contribution in [2.75, 3.05) is 6.61 Å².